The number of nitrogens with zero attached hydrogens (tertiary/aromatic N) is 5. The summed E-state index contributed by atoms with van der Waals surface area (Å²) in [6.07, 6.45) is 5.29. The van der Waals surface area contributed by atoms with Crippen LogP contribution in [0.4, 0.5) is 8.78 Å². The molecular weight excluding hydrogens is 424 g/mol. The molecule has 0 N–H and O–H groups in total. The second-order valence-electron chi connectivity index (χ2n) is 8.50. The van der Waals surface area contributed by atoms with Crippen molar-refractivity contribution in [2.45, 2.75) is 45.1 Å². The minimum atomic E-state index is -2.90. The van der Waals surface area contributed by atoms with E-state index in [1.807, 2.05) is 52.7 Å². The number of pyridine rings is 1. The molecule has 0 aliphatic carbocycles. The van der Waals surface area contributed by atoms with Crippen molar-refractivity contribution < 1.29 is 13.5 Å². The molecule has 0 amide bonds. The second kappa shape index (κ2) is 8.10. The smallest absolute Gasteiger partial charge is 0.270 e. The van der Waals surface area contributed by atoms with E-state index in [4.69, 9.17) is 9.84 Å². The number of hydrogen-bond acceptors (Lipinski definition) is 4. The minimum Gasteiger partial charge on any atom is -0.479 e. The van der Waals surface area contributed by atoms with Crippen LogP contribution in [0.25, 0.3) is 17.1 Å². The molecule has 0 radical (unpaired) electrons. The fourth-order valence-corrected chi connectivity index (χ4v) is 4.60. The number of imidazole rings is 1. The zero-order chi connectivity index (χ0) is 23.2. The molecule has 1 aliphatic heterocycles. The fourth-order valence-electron chi connectivity index (χ4n) is 4.60. The molecule has 1 aliphatic rings. The topological polar surface area (TPSA) is 57.8 Å². The van der Waals surface area contributed by atoms with Gasteiger partial charge in [0.05, 0.1) is 24.8 Å². The maximum atomic E-state index is 14.3. The summed E-state index contributed by atoms with van der Waals surface area (Å²) in [6, 6.07) is 12.6. The Kier molecular flexibility index (Phi) is 5.23. The Labute approximate surface area is 190 Å². The predicted molar refractivity (Wildman–Crippen MR) is 121 cm³/mol. The monoisotopic (exact) mass is 449 g/mol. The first-order valence-corrected chi connectivity index (χ1v) is 11.0. The highest BCUT2D eigenvalue weighted by molar-refractivity contribution is 5.60. The molecule has 1 atom stereocenters. The van der Waals surface area contributed by atoms with Crippen molar-refractivity contribution in [3.8, 4) is 23.0 Å². The summed E-state index contributed by atoms with van der Waals surface area (Å²) in [5, 5.41) is 4.76. The molecule has 0 saturated heterocycles. The Morgan fingerprint density at radius 3 is 2.67 bits per heavy atom. The molecule has 0 fully saturated rings. The number of methoxy groups -OCH3 is 1. The van der Waals surface area contributed by atoms with Crippen LogP contribution in [0, 0.1) is 6.92 Å². The summed E-state index contributed by atoms with van der Waals surface area (Å²) in [7, 11) is 1.58. The first kappa shape index (κ1) is 21.3. The van der Waals surface area contributed by atoms with E-state index in [1.54, 1.807) is 19.5 Å². The molecule has 0 unspecified atom stereocenters. The van der Waals surface area contributed by atoms with Crippen LogP contribution in [0.2, 0.25) is 0 Å². The van der Waals surface area contributed by atoms with Gasteiger partial charge in [0.1, 0.15) is 11.4 Å². The van der Waals surface area contributed by atoms with Gasteiger partial charge in [0, 0.05) is 36.8 Å². The van der Waals surface area contributed by atoms with Crippen molar-refractivity contribution in [2.75, 3.05) is 7.11 Å². The highest BCUT2D eigenvalue weighted by Crippen LogP contribution is 2.41. The Bertz CT molecular complexity index is 1300. The SMILES string of the molecule is COc1nc(-c2cc3n(n2)CCC[C@@H]3c2ccccc2C(C)(F)F)ccc1-n1cnc(C)c1. The largest absolute Gasteiger partial charge is 0.479 e. The molecule has 4 aromatic rings. The molecule has 6 nitrogen and oxygen atoms in total. The second-order valence-corrected chi connectivity index (χ2v) is 8.50. The van der Waals surface area contributed by atoms with Crippen molar-refractivity contribution in [2.24, 2.45) is 0 Å². The maximum absolute atomic E-state index is 14.3. The van der Waals surface area contributed by atoms with Gasteiger partial charge < -0.3 is 9.30 Å². The van der Waals surface area contributed by atoms with Crippen LogP contribution in [-0.2, 0) is 12.5 Å². The molecule has 5 rings (SSSR count). The first-order valence-electron chi connectivity index (χ1n) is 11.0. The van der Waals surface area contributed by atoms with Gasteiger partial charge in [-0.15, -0.1) is 0 Å². The van der Waals surface area contributed by atoms with Gasteiger partial charge in [-0.2, -0.15) is 5.10 Å². The van der Waals surface area contributed by atoms with E-state index in [-0.39, 0.29) is 11.5 Å². The summed E-state index contributed by atoms with van der Waals surface area (Å²) < 4.78 is 38.0. The van der Waals surface area contributed by atoms with Crippen molar-refractivity contribution in [1.29, 1.82) is 0 Å². The third-order valence-electron chi connectivity index (χ3n) is 6.13. The van der Waals surface area contributed by atoms with Gasteiger partial charge in [0.25, 0.3) is 5.92 Å². The van der Waals surface area contributed by atoms with Gasteiger partial charge >= 0.3 is 0 Å². The summed E-state index contributed by atoms with van der Waals surface area (Å²) in [5.74, 6) is -2.58. The zero-order valence-electron chi connectivity index (χ0n) is 18.8. The molecule has 8 heteroatoms. The molecular formula is C25H25F2N5O. The summed E-state index contributed by atoms with van der Waals surface area (Å²) in [6.45, 7) is 3.63. The van der Waals surface area contributed by atoms with E-state index in [0.717, 1.165) is 43.4 Å². The van der Waals surface area contributed by atoms with Crippen LogP contribution in [0.15, 0.2) is 55.0 Å². The van der Waals surface area contributed by atoms with Crippen molar-refractivity contribution in [3.63, 3.8) is 0 Å². The van der Waals surface area contributed by atoms with Gasteiger partial charge in [-0.1, -0.05) is 24.3 Å². The van der Waals surface area contributed by atoms with E-state index >= 15 is 0 Å². The van der Waals surface area contributed by atoms with E-state index in [0.29, 0.717) is 22.8 Å². The number of aromatic nitrogens is 5. The van der Waals surface area contributed by atoms with Crippen LogP contribution in [-0.4, -0.2) is 31.4 Å². The molecule has 0 saturated carbocycles. The number of aryl methyl sites for hydroxylation is 2. The molecule has 0 bridgehead atoms. The van der Waals surface area contributed by atoms with E-state index in [9.17, 15) is 8.78 Å². The van der Waals surface area contributed by atoms with Crippen molar-refractivity contribution in [1.82, 2.24) is 24.3 Å². The van der Waals surface area contributed by atoms with Crippen molar-refractivity contribution >= 4 is 0 Å². The number of ether oxygens (including phenoxy) is 1. The summed E-state index contributed by atoms with van der Waals surface area (Å²) in [5.41, 5.74) is 4.71. The van der Waals surface area contributed by atoms with E-state index in [2.05, 4.69) is 9.97 Å². The number of halogens is 2. The highest BCUT2D eigenvalue weighted by Gasteiger charge is 2.33. The number of rotatable bonds is 5. The maximum Gasteiger partial charge on any atom is 0.270 e. The van der Waals surface area contributed by atoms with Gasteiger partial charge in [-0.3, -0.25) is 4.68 Å². The number of benzene rings is 1. The molecule has 0 spiro atoms. The Balaban J connectivity index is 1.55. The standard InChI is InChI=1S/C25H25F2N5O/c1-16-14-31(15-28-16)22-11-10-20(29-24(22)33-3)21-13-23-18(8-6-12-32(23)30-21)17-7-4-5-9-19(17)25(2,26)27/h4-5,7,9-11,13-15,18H,6,8,12H2,1-3H3/t18-/m1/s1. The van der Waals surface area contributed by atoms with E-state index < -0.39 is 5.92 Å². The van der Waals surface area contributed by atoms with Crippen LogP contribution in [0.1, 0.15) is 48.2 Å². The number of fused-ring (bicyclic) bond motifs is 1. The third-order valence-corrected chi connectivity index (χ3v) is 6.13. The van der Waals surface area contributed by atoms with Crippen LogP contribution in [0.5, 0.6) is 5.88 Å². The normalized spacial score (nSPS) is 16.0. The van der Waals surface area contributed by atoms with Crippen molar-refractivity contribution in [3.05, 3.63) is 77.5 Å². The van der Waals surface area contributed by atoms with E-state index in [1.165, 1.54) is 6.07 Å². The average Bonchev–Trinajstić information content (AvgIpc) is 3.44. The fraction of sp³-hybridized carbons (Fsp3) is 0.320. The predicted octanol–water partition coefficient (Wildman–Crippen LogP) is 5.49. The minimum absolute atomic E-state index is 0.0750. The lowest BCUT2D eigenvalue weighted by molar-refractivity contribution is 0.0162. The molecule has 33 heavy (non-hydrogen) atoms. The first-order chi connectivity index (χ1) is 15.8. The quantitative estimate of drug-likeness (QED) is 0.405. The summed E-state index contributed by atoms with van der Waals surface area (Å²) >= 11 is 0. The average molecular weight is 450 g/mol. The van der Waals surface area contributed by atoms with Crippen LogP contribution in [0.3, 0.4) is 0 Å². The van der Waals surface area contributed by atoms with Crippen LogP contribution >= 0.6 is 0 Å². The van der Waals surface area contributed by atoms with Gasteiger partial charge in [-0.05, 0) is 43.5 Å². The van der Waals surface area contributed by atoms with Gasteiger partial charge in [0.15, 0.2) is 0 Å². The lowest BCUT2D eigenvalue weighted by atomic mass is 9.84. The van der Waals surface area contributed by atoms with Gasteiger partial charge in [-0.25, -0.2) is 18.7 Å². The number of alkyl halides is 2. The Morgan fingerprint density at radius 2 is 1.94 bits per heavy atom. The molecule has 170 valence electrons. The van der Waals surface area contributed by atoms with Crippen LogP contribution < -0.4 is 4.74 Å². The number of hydrogen-bond donors (Lipinski definition) is 0. The lowest BCUT2D eigenvalue weighted by Crippen LogP contribution is -2.20. The zero-order valence-corrected chi connectivity index (χ0v) is 18.8. The molecule has 4 heterocycles. The Morgan fingerprint density at radius 1 is 1.12 bits per heavy atom. The van der Waals surface area contributed by atoms with Gasteiger partial charge in [0.2, 0.25) is 5.88 Å². The molecule has 1 aromatic carbocycles. The molecule has 3 aromatic heterocycles. The lowest BCUT2D eigenvalue weighted by Gasteiger charge is -2.27. The highest BCUT2D eigenvalue weighted by atomic mass is 19.3. The Hall–Kier alpha value is -3.55. The summed E-state index contributed by atoms with van der Waals surface area (Å²) in [4.78, 5) is 8.94. The third kappa shape index (κ3) is 3.90.